The normalized spacial score (nSPS) is 16.5. The molecule has 1 heterocycles. The summed E-state index contributed by atoms with van der Waals surface area (Å²) < 4.78 is 5.82. The van der Waals surface area contributed by atoms with E-state index >= 15 is 0 Å². The van der Waals surface area contributed by atoms with E-state index in [1.807, 2.05) is 65.0 Å². The molecule has 1 saturated heterocycles. The number of aliphatic hydroxyl groups is 1. The Bertz CT molecular complexity index is 1240. The number of ether oxygens (including phenoxy) is 1. The van der Waals surface area contributed by atoms with Gasteiger partial charge >= 0.3 is 0 Å². The zero-order valence-corrected chi connectivity index (χ0v) is 25.3. The van der Waals surface area contributed by atoms with Gasteiger partial charge in [0.25, 0.3) is 11.8 Å². The fourth-order valence-corrected chi connectivity index (χ4v) is 5.79. The van der Waals surface area contributed by atoms with E-state index in [2.05, 4.69) is 16.0 Å². The Morgan fingerprint density at radius 3 is 2.32 bits per heavy atom. The average Bonchev–Trinajstić information content (AvgIpc) is 3.36. The van der Waals surface area contributed by atoms with Gasteiger partial charge in [0.1, 0.15) is 11.8 Å². The quantitative estimate of drug-likeness (QED) is 0.337. The van der Waals surface area contributed by atoms with Crippen molar-refractivity contribution in [2.45, 2.75) is 71.7 Å². The number of amides is 4. The van der Waals surface area contributed by atoms with Gasteiger partial charge in [0.05, 0.1) is 11.9 Å². The van der Waals surface area contributed by atoms with Crippen molar-refractivity contribution in [3.8, 4) is 5.75 Å². The summed E-state index contributed by atoms with van der Waals surface area (Å²) in [5.41, 5.74) is 2.46. The highest BCUT2D eigenvalue weighted by atomic mass is 32.2. The summed E-state index contributed by atoms with van der Waals surface area (Å²) in [5, 5.41) is 19.6. The third-order valence-electron chi connectivity index (χ3n) is 6.37. The first-order valence-electron chi connectivity index (χ1n) is 13.5. The predicted molar refractivity (Wildman–Crippen MR) is 160 cm³/mol. The molecule has 0 radical (unpaired) electrons. The third kappa shape index (κ3) is 9.22. The molecule has 1 fully saturated rings. The number of nitrogens with zero attached hydrogens (tertiary/aromatic N) is 1. The highest BCUT2D eigenvalue weighted by molar-refractivity contribution is 7.99. The molecule has 41 heavy (non-hydrogen) atoms. The van der Waals surface area contributed by atoms with Crippen molar-refractivity contribution in [1.82, 2.24) is 15.5 Å². The summed E-state index contributed by atoms with van der Waals surface area (Å²) in [6.45, 7) is 10.3. The van der Waals surface area contributed by atoms with Crippen LogP contribution in [0.2, 0.25) is 0 Å². The maximum atomic E-state index is 13.5. The smallest absolute Gasteiger partial charge is 0.258 e. The molecular weight excluding hydrogens is 544 g/mol. The number of benzene rings is 2. The first kappa shape index (κ1) is 32.0. The van der Waals surface area contributed by atoms with Crippen molar-refractivity contribution in [2.75, 3.05) is 23.6 Å². The van der Waals surface area contributed by atoms with Crippen molar-refractivity contribution in [1.29, 1.82) is 0 Å². The number of hydrogen-bond acceptors (Lipinski definition) is 7. The van der Waals surface area contributed by atoms with Crippen LogP contribution in [0.3, 0.4) is 0 Å². The maximum Gasteiger partial charge on any atom is 0.258 e. The molecule has 0 bridgehead atoms. The second-order valence-corrected chi connectivity index (χ2v) is 12.3. The summed E-state index contributed by atoms with van der Waals surface area (Å²) in [6.07, 6.45) is -1.38. The van der Waals surface area contributed by atoms with E-state index in [4.69, 9.17) is 4.74 Å². The van der Waals surface area contributed by atoms with Crippen LogP contribution in [0.25, 0.3) is 0 Å². The van der Waals surface area contributed by atoms with E-state index in [-0.39, 0.29) is 30.7 Å². The van der Waals surface area contributed by atoms with Gasteiger partial charge in [-0.15, -0.1) is 11.8 Å². The van der Waals surface area contributed by atoms with Crippen LogP contribution in [0.4, 0.5) is 5.69 Å². The van der Waals surface area contributed by atoms with Crippen LogP contribution in [0.1, 0.15) is 44.4 Å². The second-order valence-electron chi connectivity index (χ2n) is 11.3. The zero-order chi connectivity index (χ0) is 30.3. The van der Waals surface area contributed by atoms with Gasteiger partial charge in [-0.05, 0) is 69.9 Å². The summed E-state index contributed by atoms with van der Waals surface area (Å²) in [7, 11) is 0. The molecule has 0 unspecified atom stereocenters. The van der Waals surface area contributed by atoms with Crippen molar-refractivity contribution in [3.05, 3.63) is 59.2 Å². The summed E-state index contributed by atoms with van der Waals surface area (Å²) in [6, 6.07) is 11.1. The molecule has 11 heteroatoms. The lowest BCUT2D eigenvalue weighted by atomic mass is 9.99. The number of carbonyl (C=O) groups is 4. The number of carbonyl (C=O) groups excluding carboxylic acids is 4. The third-order valence-corrected chi connectivity index (χ3v) is 7.39. The first-order chi connectivity index (χ1) is 19.2. The molecule has 4 N–H and O–H groups in total. The topological polar surface area (TPSA) is 137 Å². The molecular formula is C30H40N4O6S. The molecule has 3 rings (SSSR count). The van der Waals surface area contributed by atoms with Crippen molar-refractivity contribution in [2.24, 2.45) is 0 Å². The van der Waals surface area contributed by atoms with E-state index in [0.29, 0.717) is 17.2 Å². The molecule has 10 nitrogen and oxygen atoms in total. The van der Waals surface area contributed by atoms with Crippen LogP contribution in [0, 0.1) is 13.8 Å². The Balaban J connectivity index is 1.73. The highest BCUT2D eigenvalue weighted by Gasteiger charge is 2.40. The molecule has 0 aromatic heterocycles. The average molecular weight is 585 g/mol. The molecule has 3 atom stereocenters. The molecule has 2 aromatic carbocycles. The van der Waals surface area contributed by atoms with E-state index in [9.17, 15) is 24.3 Å². The van der Waals surface area contributed by atoms with E-state index in [0.717, 1.165) is 16.7 Å². The fraction of sp³-hybridized carbons (Fsp3) is 0.467. The Kier molecular flexibility index (Phi) is 10.8. The number of thioether (sulfide) groups is 1. The molecule has 1 aliphatic rings. The fourth-order valence-electron chi connectivity index (χ4n) is 4.62. The first-order valence-corrected chi connectivity index (χ1v) is 14.6. The minimum absolute atomic E-state index is 0.192. The lowest BCUT2D eigenvalue weighted by Gasteiger charge is -2.31. The van der Waals surface area contributed by atoms with Gasteiger partial charge in [-0.25, -0.2) is 0 Å². The molecule has 0 aliphatic carbocycles. The minimum Gasteiger partial charge on any atom is -0.483 e. The van der Waals surface area contributed by atoms with Crippen molar-refractivity contribution < 1.29 is 29.0 Å². The van der Waals surface area contributed by atoms with Gasteiger partial charge in [0.15, 0.2) is 12.7 Å². The second kappa shape index (κ2) is 13.9. The molecule has 2 aromatic rings. The van der Waals surface area contributed by atoms with E-state index < -0.39 is 35.5 Å². The van der Waals surface area contributed by atoms with Crippen LogP contribution < -0.4 is 20.7 Å². The molecule has 1 aliphatic heterocycles. The summed E-state index contributed by atoms with van der Waals surface area (Å²) in [4.78, 5) is 52.2. The molecule has 0 spiro atoms. The van der Waals surface area contributed by atoms with Gasteiger partial charge in [-0.2, -0.15) is 0 Å². The van der Waals surface area contributed by atoms with Gasteiger partial charge in [0, 0.05) is 23.9 Å². The lowest BCUT2D eigenvalue weighted by molar-refractivity contribution is -0.147. The largest absolute Gasteiger partial charge is 0.483 e. The monoisotopic (exact) mass is 584 g/mol. The van der Waals surface area contributed by atoms with Crippen LogP contribution in [0.5, 0.6) is 5.75 Å². The maximum absolute atomic E-state index is 13.5. The van der Waals surface area contributed by atoms with Crippen LogP contribution >= 0.6 is 11.8 Å². The summed E-state index contributed by atoms with van der Waals surface area (Å²) in [5.74, 6) is -0.415. The Morgan fingerprint density at radius 1 is 1.10 bits per heavy atom. The minimum atomic E-state index is -1.58. The standard InChI is InChI=1S/C30H40N4O6S/c1-18-12-22(31-20(3)35)13-19(2)27(18)40-15-25(36)32-23(14-21-10-8-7-9-11-21)26(37)29(39)34-17-41-16-24(34)28(38)33-30(4,5)6/h7-13,23-24,26,37H,14-17H2,1-6H3,(H,31,35)(H,32,36)(H,33,38)/t23-,24-,26-/m0/s1. The molecule has 0 saturated carbocycles. The Hall–Kier alpha value is -3.57. The Morgan fingerprint density at radius 2 is 1.73 bits per heavy atom. The van der Waals surface area contributed by atoms with Gasteiger partial charge < -0.3 is 30.7 Å². The van der Waals surface area contributed by atoms with Gasteiger partial charge in [0.2, 0.25) is 11.8 Å². The number of anilines is 1. The number of nitrogens with one attached hydrogen (secondary N) is 3. The summed E-state index contributed by atoms with van der Waals surface area (Å²) >= 11 is 1.44. The predicted octanol–water partition coefficient (Wildman–Crippen LogP) is 2.55. The van der Waals surface area contributed by atoms with Gasteiger partial charge in [-0.3, -0.25) is 19.2 Å². The highest BCUT2D eigenvalue weighted by Crippen LogP contribution is 2.27. The molecule has 4 amide bonds. The lowest BCUT2D eigenvalue weighted by Crippen LogP contribution is -2.58. The van der Waals surface area contributed by atoms with Crippen molar-refractivity contribution >= 4 is 41.1 Å². The number of aryl methyl sites for hydroxylation is 2. The number of aliphatic hydroxyl groups excluding tert-OH is 1. The van der Waals surface area contributed by atoms with Crippen LogP contribution in [0.15, 0.2) is 42.5 Å². The number of rotatable bonds is 10. The number of hydrogen-bond donors (Lipinski definition) is 4. The van der Waals surface area contributed by atoms with E-state index in [1.54, 1.807) is 12.1 Å². The van der Waals surface area contributed by atoms with Crippen LogP contribution in [-0.4, -0.2) is 75.6 Å². The van der Waals surface area contributed by atoms with Crippen molar-refractivity contribution in [3.63, 3.8) is 0 Å². The van der Waals surface area contributed by atoms with Crippen LogP contribution in [-0.2, 0) is 25.6 Å². The zero-order valence-electron chi connectivity index (χ0n) is 24.4. The van der Waals surface area contributed by atoms with Gasteiger partial charge in [-0.1, -0.05) is 30.3 Å². The molecule has 222 valence electrons. The Labute approximate surface area is 245 Å². The SMILES string of the molecule is CC(=O)Nc1cc(C)c(OCC(=O)N[C@@H](Cc2ccccc2)[C@H](O)C(=O)N2CSC[C@H]2C(=O)NC(C)(C)C)c(C)c1. The van der Waals surface area contributed by atoms with E-state index in [1.165, 1.54) is 23.6 Å².